The Bertz CT molecular complexity index is 1220. The van der Waals surface area contributed by atoms with E-state index in [0.717, 1.165) is 5.01 Å². The number of halogens is 2. The topological polar surface area (TPSA) is 88.6 Å². The number of nitrogens with one attached hydrogen (secondary N) is 1. The number of rotatable bonds is 7. The average Bonchev–Trinajstić information content (AvgIpc) is 3.38. The fraction of sp³-hybridized carbons (Fsp3) is 0.308. The van der Waals surface area contributed by atoms with Crippen LogP contribution in [0.15, 0.2) is 53.9 Å². The van der Waals surface area contributed by atoms with E-state index in [1.807, 2.05) is 6.07 Å². The molecule has 3 aromatic rings. The van der Waals surface area contributed by atoms with Crippen molar-refractivity contribution >= 4 is 40.7 Å². The van der Waals surface area contributed by atoms with Gasteiger partial charge in [-0.25, -0.2) is 14.2 Å². The molecule has 1 aliphatic heterocycles. The van der Waals surface area contributed by atoms with Crippen LogP contribution in [0.1, 0.15) is 63.1 Å². The zero-order chi connectivity index (χ0) is 25.7. The molecular formula is C26H25ClFN3O4S. The largest absolute Gasteiger partial charge is 0.464 e. The van der Waals surface area contributed by atoms with Crippen molar-refractivity contribution in [2.75, 3.05) is 19.7 Å². The third kappa shape index (κ3) is 5.74. The standard InChI is InChI=1S/C26H25ClFN3O4S/c1-2-35-26(34)22(16-7-4-3-5-8-16)30-23(32)20-15-36-24(29-20)17-11-13-31(14-12-17)25(33)21-18(27)9-6-10-19(21)28/h3-10,15,17,22H,2,11-14H2,1H3,(H,30,32). The summed E-state index contributed by atoms with van der Waals surface area (Å²) in [4.78, 5) is 44.3. The van der Waals surface area contributed by atoms with Crippen LogP contribution in [0.5, 0.6) is 0 Å². The van der Waals surface area contributed by atoms with E-state index in [-0.39, 0.29) is 28.8 Å². The Morgan fingerprint density at radius 2 is 1.89 bits per heavy atom. The summed E-state index contributed by atoms with van der Waals surface area (Å²) < 4.78 is 19.3. The van der Waals surface area contributed by atoms with Crippen molar-refractivity contribution in [2.24, 2.45) is 0 Å². The molecule has 1 aromatic heterocycles. The van der Waals surface area contributed by atoms with E-state index in [1.54, 1.807) is 41.5 Å². The molecule has 0 spiro atoms. The van der Waals surface area contributed by atoms with Gasteiger partial charge in [-0.05, 0) is 37.5 Å². The monoisotopic (exact) mass is 529 g/mol. The number of nitrogens with zero attached hydrogens (tertiary/aromatic N) is 2. The lowest BCUT2D eigenvalue weighted by atomic mass is 9.97. The molecule has 0 saturated carbocycles. The molecule has 2 aromatic carbocycles. The van der Waals surface area contributed by atoms with E-state index in [4.69, 9.17) is 16.3 Å². The van der Waals surface area contributed by atoms with Crippen molar-refractivity contribution in [3.8, 4) is 0 Å². The summed E-state index contributed by atoms with van der Waals surface area (Å²) in [7, 11) is 0. The van der Waals surface area contributed by atoms with Gasteiger partial charge >= 0.3 is 5.97 Å². The second-order valence-corrected chi connectivity index (χ2v) is 9.60. The highest BCUT2D eigenvalue weighted by atomic mass is 35.5. The maximum Gasteiger partial charge on any atom is 0.333 e. The Balaban J connectivity index is 1.40. The van der Waals surface area contributed by atoms with Crippen molar-refractivity contribution in [3.05, 3.63) is 86.6 Å². The number of hydrogen-bond donors (Lipinski definition) is 1. The molecule has 1 atom stereocenters. The number of amides is 2. The summed E-state index contributed by atoms with van der Waals surface area (Å²) in [6.45, 7) is 2.75. The second kappa shape index (κ2) is 11.6. The molecule has 7 nitrogen and oxygen atoms in total. The Morgan fingerprint density at radius 1 is 1.17 bits per heavy atom. The number of carbonyl (C=O) groups excluding carboxylic acids is 3. The number of piperidine rings is 1. The molecule has 1 saturated heterocycles. The van der Waals surface area contributed by atoms with Gasteiger partial charge in [-0.15, -0.1) is 11.3 Å². The highest BCUT2D eigenvalue weighted by molar-refractivity contribution is 7.09. The van der Waals surface area contributed by atoms with Crippen molar-refractivity contribution in [2.45, 2.75) is 31.7 Å². The molecule has 188 valence electrons. The van der Waals surface area contributed by atoms with Crippen LogP contribution in [-0.4, -0.2) is 47.4 Å². The summed E-state index contributed by atoms with van der Waals surface area (Å²) >= 11 is 7.41. The van der Waals surface area contributed by atoms with Gasteiger partial charge in [-0.2, -0.15) is 0 Å². The smallest absolute Gasteiger partial charge is 0.333 e. The number of aromatic nitrogens is 1. The van der Waals surface area contributed by atoms with E-state index < -0.39 is 29.6 Å². The maximum atomic E-state index is 14.2. The lowest BCUT2D eigenvalue weighted by molar-refractivity contribution is -0.145. The quantitative estimate of drug-likeness (QED) is 0.436. The Morgan fingerprint density at radius 3 is 2.56 bits per heavy atom. The third-order valence-corrected chi connectivity index (χ3v) is 7.32. The fourth-order valence-corrected chi connectivity index (χ4v) is 5.34. The van der Waals surface area contributed by atoms with Crippen LogP contribution in [0.2, 0.25) is 5.02 Å². The van der Waals surface area contributed by atoms with E-state index in [2.05, 4.69) is 10.3 Å². The minimum absolute atomic E-state index is 0.0617. The maximum absolute atomic E-state index is 14.2. The number of ether oxygens (including phenoxy) is 1. The molecule has 0 bridgehead atoms. The van der Waals surface area contributed by atoms with Crippen LogP contribution in [-0.2, 0) is 9.53 Å². The molecule has 10 heteroatoms. The molecule has 4 rings (SSSR count). The van der Waals surface area contributed by atoms with E-state index in [9.17, 15) is 18.8 Å². The fourth-order valence-electron chi connectivity index (χ4n) is 4.12. The summed E-state index contributed by atoms with van der Waals surface area (Å²) in [5, 5.41) is 5.27. The molecule has 1 aliphatic rings. The van der Waals surface area contributed by atoms with Crippen molar-refractivity contribution in [3.63, 3.8) is 0 Å². The van der Waals surface area contributed by atoms with Crippen LogP contribution in [0.25, 0.3) is 0 Å². The first-order chi connectivity index (χ1) is 17.4. The molecule has 0 radical (unpaired) electrons. The number of hydrogen-bond acceptors (Lipinski definition) is 6. The van der Waals surface area contributed by atoms with Crippen LogP contribution in [0, 0.1) is 5.82 Å². The van der Waals surface area contributed by atoms with Crippen molar-refractivity contribution in [1.82, 2.24) is 15.2 Å². The third-order valence-electron chi connectivity index (χ3n) is 5.99. The van der Waals surface area contributed by atoms with Gasteiger partial charge in [0.25, 0.3) is 11.8 Å². The van der Waals surface area contributed by atoms with Crippen LogP contribution >= 0.6 is 22.9 Å². The first-order valence-electron chi connectivity index (χ1n) is 11.6. The summed E-state index contributed by atoms with van der Waals surface area (Å²) in [5.74, 6) is -2.02. The molecule has 1 N–H and O–H groups in total. The molecule has 36 heavy (non-hydrogen) atoms. The lowest BCUT2D eigenvalue weighted by Gasteiger charge is -2.31. The van der Waals surface area contributed by atoms with Gasteiger partial charge in [-0.1, -0.05) is 48.0 Å². The van der Waals surface area contributed by atoms with Crippen molar-refractivity contribution < 1.29 is 23.5 Å². The zero-order valence-electron chi connectivity index (χ0n) is 19.6. The SMILES string of the molecule is CCOC(=O)C(NC(=O)c1csc(C2CCN(C(=O)c3c(F)cccc3Cl)CC2)n1)c1ccccc1. The highest BCUT2D eigenvalue weighted by Gasteiger charge is 2.30. The summed E-state index contributed by atoms with van der Waals surface area (Å²) in [6, 6.07) is 12.1. The normalized spacial score (nSPS) is 14.8. The number of likely N-dealkylation sites (tertiary alicyclic amines) is 1. The molecule has 0 aliphatic carbocycles. The number of benzene rings is 2. The highest BCUT2D eigenvalue weighted by Crippen LogP contribution is 2.32. The second-order valence-electron chi connectivity index (χ2n) is 8.30. The molecular weight excluding hydrogens is 505 g/mol. The van der Waals surface area contributed by atoms with Crippen molar-refractivity contribution in [1.29, 1.82) is 0 Å². The van der Waals surface area contributed by atoms with E-state index in [0.29, 0.717) is 31.5 Å². The molecule has 1 unspecified atom stereocenters. The molecule has 1 fully saturated rings. The zero-order valence-corrected chi connectivity index (χ0v) is 21.2. The minimum Gasteiger partial charge on any atom is -0.464 e. The van der Waals surface area contributed by atoms with Crippen LogP contribution < -0.4 is 5.32 Å². The van der Waals surface area contributed by atoms with Crippen LogP contribution in [0.3, 0.4) is 0 Å². The predicted molar refractivity (Wildman–Crippen MR) is 135 cm³/mol. The first kappa shape index (κ1) is 25.8. The van der Waals surface area contributed by atoms with Crippen LogP contribution in [0.4, 0.5) is 4.39 Å². The van der Waals surface area contributed by atoms with Gasteiger partial charge in [0.1, 0.15) is 11.5 Å². The van der Waals surface area contributed by atoms with Gasteiger partial charge in [0.05, 0.1) is 22.2 Å². The average molecular weight is 530 g/mol. The minimum atomic E-state index is -0.941. The number of esters is 1. The lowest BCUT2D eigenvalue weighted by Crippen LogP contribution is -2.38. The van der Waals surface area contributed by atoms with Gasteiger partial charge in [0.2, 0.25) is 0 Å². The van der Waals surface area contributed by atoms with Gasteiger partial charge < -0.3 is 15.0 Å². The summed E-state index contributed by atoms with van der Waals surface area (Å²) in [5.41, 5.74) is 0.726. The van der Waals surface area contributed by atoms with E-state index >= 15 is 0 Å². The number of carbonyl (C=O) groups is 3. The molecule has 2 heterocycles. The number of thiazole rings is 1. The summed E-state index contributed by atoms with van der Waals surface area (Å²) in [6.07, 6.45) is 1.25. The molecule has 2 amide bonds. The van der Waals surface area contributed by atoms with E-state index in [1.165, 1.54) is 29.5 Å². The first-order valence-corrected chi connectivity index (χ1v) is 12.9. The van der Waals surface area contributed by atoms with Gasteiger partial charge in [0, 0.05) is 24.4 Å². The van der Waals surface area contributed by atoms with Gasteiger partial charge in [-0.3, -0.25) is 9.59 Å². The predicted octanol–water partition coefficient (Wildman–Crippen LogP) is 4.99. The Kier molecular flexibility index (Phi) is 8.32. The van der Waals surface area contributed by atoms with Gasteiger partial charge in [0.15, 0.2) is 6.04 Å². The Labute approximate surface area is 217 Å². The Hall–Kier alpha value is -3.30.